The first-order chi connectivity index (χ1) is 9.13. The largest absolute Gasteiger partial charge is 0.381 e. The maximum atomic E-state index is 12.6. The molecule has 0 N–H and O–H groups in total. The molecule has 1 fully saturated rings. The molecule has 0 aliphatic carbocycles. The fourth-order valence-electron chi connectivity index (χ4n) is 2.58. The van der Waals surface area contributed by atoms with Gasteiger partial charge < -0.3 is 9.64 Å². The molecule has 0 radical (unpaired) electrons. The van der Waals surface area contributed by atoms with Crippen molar-refractivity contribution in [1.82, 2.24) is 14.7 Å². The van der Waals surface area contributed by atoms with Gasteiger partial charge in [0.1, 0.15) is 0 Å². The predicted molar refractivity (Wildman–Crippen MR) is 73.0 cm³/mol. The van der Waals surface area contributed by atoms with E-state index in [1.807, 2.05) is 18.0 Å². The lowest BCUT2D eigenvalue weighted by molar-refractivity contribution is 0.0206. The van der Waals surface area contributed by atoms with Crippen molar-refractivity contribution in [3.8, 4) is 0 Å². The first-order valence-electron chi connectivity index (χ1n) is 7.06. The molecule has 1 aromatic heterocycles. The van der Waals surface area contributed by atoms with Gasteiger partial charge in [-0.25, -0.2) is 0 Å². The summed E-state index contributed by atoms with van der Waals surface area (Å²) in [7, 11) is 0. The van der Waals surface area contributed by atoms with Gasteiger partial charge in [0, 0.05) is 38.0 Å². The van der Waals surface area contributed by atoms with Gasteiger partial charge in [-0.2, -0.15) is 5.10 Å². The van der Waals surface area contributed by atoms with Gasteiger partial charge in [0.2, 0.25) is 0 Å². The molecule has 1 saturated heterocycles. The molecule has 0 aromatic carbocycles. The van der Waals surface area contributed by atoms with Crippen LogP contribution in [0.2, 0.25) is 0 Å². The third-order valence-electron chi connectivity index (χ3n) is 3.58. The minimum absolute atomic E-state index is 0.0848. The number of rotatable bonds is 4. The van der Waals surface area contributed by atoms with Crippen LogP contribution in [-0.2, 0) is 11.3 Å². The molecular formula is C14H23N3O2. The first kappa shape index (κ1) is 14.1. The Bertz CT molecular complexity index is 422. The van der Waals surface area contributed by atoms with E-state index in [0.29, 0.717) is 5.56 Å². The highest BCUT2D eigenvalue weighted by atomic mass is 16.5. The highest BCUT2D eigenvalue weighted by Crippen LogP contribution is 2.20. The molecule has 1 aliphatic rings. The summed E-state index contributed by atoms with van der Waals surface area (Å²) >= 11 is 0. The number of hydrogen-bond acceptors (Lipinski definition) is 3. The lowest BCUT2D eigenvalue weighted by Crippen LogP contribution is -2.47. The zero-order valence-corrected chi connectivity index (χ0v) is 12.0. The number of carbonyl (C=O) groups is 1. The third kappa shape index (κ3) is 3.15. The molecule has 0 saturated carbocycles. The van der Waals surface area contributed by atoms with Crippen LogP contribution in [0, 0.1) is 0 Å². The van der Waals surface area contributed by atoms with E-state index in [2.05, 4.69) is 18.9 Å². The molecule has 0 bridgehead atoms. The molecule has 2 heterocycles. The molecule has 1 aliphatic heterocycles. The van der Waals surface area contributed by atoms with Crippen molar-refractivity contribution in [2.45, 2.75) is 52.2 Å². The van der Waals surface area contributed by atoms with Crippen LogP contribution >= 0.6 is 0 Å². The SMILES string of the molecule is CCn1cc(C(=O)N(C(C)C)C2CCOCC2)cn1. The molecular weight excluding hydrogens is 242 g/mol. The van der Waals surface area contributed by atoms with Gasteiger partial charge in [-0.1, -0.05) is 0 Å². The Labute approximate surface area is 114 Å². The van der Waals surface area contributed by atoms with E-state index in [0.717, 1.165) is 32.6 Å². The predicted octanol–water partition coefficient (Wildman–Crippen LogP) is 1.93. The first-order valence-corrected chi connectivity index (χ1v) is 7.06. The number of hydrogen-bond donors (Lipinski definition) is 0. The molecule has 19 heavy (non-hydrogen) atoms. The lowest BCUT2D eigenvalue weighted by atomic mass is 10.0. The molecule has 1 amide bonds. The lowest BCUT2D eigenvalue weighted by Gasteiger charge is -2.37. The van der Waals surface area contributed by atoms with E-state index in [1.54, 1.807) is 10.9 Å². The number of nitrogens with zero attached hydrogens (tertiary/aromatic N) is 3. The maximum Gasteiger partial charge on any atom is 0.257 e. The summed E-state index contributed by atoms with van der Waals surface area (Å²) in [6.45, 7) is 8.42. The average Bonchev–Trinajstić information content (AvgIpc) is 2.88. The summed E-state index contributed by atoms with van der Waals surface area (Å²) in [5.74, 6) is 0.0848. The third-order valence-corrected chi connectivity index (χ3v) is 3.58. The zero-order valence-electron chi connectivity index (χ0n) is 12.0. The van der Waals surface area contributed by atoms with Gasteiger partial charge in [0.05, 0.1) is 11.8 Å². The number of ether oxygens (including phenoxy) is 1. The Hall–Kier alpha value is -1.36. The second kappa shape index (κ2) is 6.19. The quantitative estimate of drug-likeness (QED) is 0.835. The van der Waals surface area contributed by atoms with Crippen molar-refractivity contribution in [2.24, 2.45) is 0 Å². The normalized spacial score (nSPS) is 16.8. The Morgan fingerprint density at radius 1 is 1.53 bits per heavy atom. The molecule has 0 atom stereocenters. The molecule has 5 heteroatoms. The molecule has 5 nitrogen and oxygen atoms in total. The number of aryl methyl sites for hydroxylation is 1. The zero-order chi connectivity index (χ0) is 13.8. The summed E-state index contributed by atoms with van der Waals surface area (Å²) in [4.78, 5) is 14.6. The standard InChI is InChI=1S/C14H23N3O2/c1-4-16-10-12(9-15-16)14(18)17(11(2)3)13-5-7-19-8-6-13/h9-11,13H,4-8H2,1-3H3. The smallest absolute Gasteiger partial charge is 0.257 e. The van der Waals surface area contributed by atoms with Crippen molar-refractivity contribution >= 4 is 5.91 Å². The van der Waals surface area contributed by atoms with Gasteiger partial charge in [-0.05, 0) is 33.6 Å². The Balaban J connectivity index is 2.15. The van der Waals surface area contributed by atoms with Gasteiger partial charge >= 0.3 is 0 Å². The van der Waals surface area contributed by atoms with Crippen molar-refractivity contribution in [3.05, 3.63) is 18.0 Å². The fourth-order valence-corrected chi connectivity index (χ4v) is 2.58. The van der Waals surface area contributed by atoms with E-state index in [4.69, 9.17) is 4.74 Å². The maximum absolute atomic E-state index is 12.6. The monoisotopic (exact) mass is 265 g/mol. The summed E-state index contributed by atoms with van der Waals surface area (Å²) in [6, 6.07) is 0.479. The topological polar surface area (TPSA) is 47.4 Å². The Kier molecular flexibility index (Phi) is 4.58. The van der Waals surface area contributed by atoms with Crippen molar-refractivity contribution in [3.63, 3.8) is 0 Å². The van der Waals surface area contributed by atoms with Gasteiger partial charge in [-0.15, -0.1) is 0 Å². The molecule has 0 unspecified atom stereocenters. The second-order valence-electron chi connectivity index (χ2n) is 5.23. The molecule has 106 valence electrons. The van der Waals surface area contributed by atoms with E-state index in [-0.39, 0.29) is 18.0 Å². The molecule has 2 rings (SSSR count). The van der Waals surface area contributed by atoms with Crippen LogP contribution in [0.25, 0.3) is 0 Å². The van der Waals surface area contributed by atoms with Crippen molar-refractivity contribution in [2.75, 3.05) is 13.2 Å². The summed E-state index contributed by atoms with van der Waals surface area (Å²) in [5, 5.41) is 4.19. The van der Waals surface area contributed by atoms with E-state index in [9.17, 15) is 4.79 Å². The average molecular weight is 265 g/mol. The van der Waals surface area contributed by atoms with E-state index < -0.39 is 0 Å². The highest BCUT2D eigenvalue weighted by molar-refractivity contribution is 5.94. The number of carbonyl (C=O) groups excluding carboxylic acids is 1. The van der Waals surface area contributed by atoms with Crippen LogP contribution in [0.5, 0.6) is 0 Å². The number of aromatic nitrogens is 2. The van der Waals surface area contributed by atoms with Gasteiger partial charge in [0.15, 0.2) is 0 Å². The molecule has 1 aromatic rings. The Morgan fingerprint density at radius 2 is 2.21 bits per heavy atom. The minimum Gasteiger partial charge on any atom is -0.381 e. The number of amides is 1. The Morgan fingerprint density at radius 3 is 2.74 bits per heavy atom. The summed E-state index contributed by atoms with van der Waals surface area (Å²) in [6.07, 6.45) is 5.34. The van der Waals surface area contributed by atoms with Crippen LogP contribution in [0.1, 0.15) is 44.0 Å². The van der Waals surface area contributed by atoms with Crippen LogP contribution in [0.3, 0.4) is 0 Å². The van der Waals surface area contributed by atoms with E-state index >= 15 is 0 Å². The van der Waals surface area contributed by atoms with E-state index in [1.165, 1.54) is 0 Å². The van der Waals surface area contributed by atoms with Crippen LogP contribution in [0.15, 0.2) is 12.4 Å². The highest BCUT2D eigenvalue weighted by Gasteiger charge is 2.29. The summed E-state index contributed by atoms with van der Waals surface area (Å²) in [5.41, 5.74) is 0.682. The second-order valence-corrected chi connectivity index (χ2v) is 5.23. The van der Waals surface area contributed by atoms with Gasteiger partial charge in [0.25, 0.3) is 5.91 Å². The molecule has 0 spiro atoms. The van der Waals surface area contributed by atoms with Crippen molar-refractivity contribution in [1.29, 1.82) is 0 Å². The fraction of sp³-hybridized carbons (Fsp3) is 0.714. The van der Waals surface area contributed by atoms with Crippen LogP contribution in [0.4, 0.5) is 0 Å². The minimum atomic E-state index is 0.0848. The van der Waals surface area contributed by atoms with Crippen molar-refractivity contribution < 1.29 is 9.53 Å². The van der Waals surface area contributed by atoms with Crippen LogP contribution < -0.4 is 0 Å². The van der Waals surface area contributed by atoms with Crippen LogP contribution in [-0.4, -0.2) is 45.9 Å². The summed E-state index contributed by atoms with van der Waals surface area (Å²) < 4.78 is 7.17. The van der Waals surface area contributed by atoms with Gasteiger partial charge in [-0.3, -0.25) is 9.48 Å².